The van der Waals surface area contributed by atoms with Crippen LogP contribution in [0.2, 0.25) is 0 Å². The SMILES string of the molecule is CC(C)c1ccc(C(C)C)c(N2Cc3cc(Oc4ccccc4)c4c5c(Oc6ccccc6)cc6c7c(cc(Oc8ccccc8)c(c8c(Oc9ccccc9)cc(c3c48)C2)c75)CN(c2cc(C(C)C)ccc2C(C)C)C6)c1. The molecule has 0 fully saturated rings. The molecule has 6 heteroatoms. The predicted molar refractivity (Wildman–Crippen MR) is 323 cm³/mol. The number of benzene rings is 11. The highest BCUT2D eigenvalue weighted by molar-refractivity contribution is 6.39. The van der Waals surface area contributed by atoms with Crippen LogP contribution in [0.25, 0.3) is 43.1 Å². The van der Waals surface area contributed by atoms with E-state index in [-0.39, 0.29) is 0 Å². The van der Waals surface area contributed by atoms with Gasteiger partial charge in [-0.1, -0.05) is 152 Å². The maximum absolute atomic E-state index is 7.38. The quantitative estimate of drug-likeness (QED) is 0.0799. The lowest BCUT2D eigenvalue weighted by Gasteiger charge is -2.37. The van der Waals surface area contributed by atoms with Crippen molar-refractivity contribution in [2.75, 3.05) is 9.80 Å². The molecule has 0 saturated heterocycles. The number of hydrogen-bond acceptors (Lipinski definition) is 6. The summed E-state index contributed by atoms with van der Waals surface area (Å²) in [6, 6.07) is 64.4. The lowest BCUT2D eigenvalue weighted by Crippen LogP contribution is -2.28. The molecule has 13 rings (SSSR count). The summed E-state index contributed by atoms with van der Waals surface area (Å²) >= 11 is 0. The fourth-order valence-corrected chi connectivity index (χ4v) is 12.4. The second-order valence-electron chi connectivity index (χ2n) is 22.8. The van der Waals surface area contributed by atoms with Gasteiger partial charge in [0, 0.05) is 69.9 Å². The Morgan fingerprint density at radius 1 is 0.282 bits per heavy atom. The van der Waals surface area contributed by atoms with E-state index in [4.69, 9.17) is 18.9 Å². The molecular formula is C72H66N2O4. The number of nitrogens with zero attached hydrogens (tertiary/aromatic N) is 2. The highest BCUT2D eigenvalue weighted by atomic mass is 16.5. The molecule has 2 heterocycles. The Bertz CT molecular complexity index is 3580. The van der Waals surface area contributed by atoms with E-state index in [0.717, 1.165) is 78.3 Å². The van der Waals surface area contributed by atoms with Gasteiger partial charge in [0.1, 0.15) is 46.0 Å². The zero-order chi connectivity index (χ0) is 53.3. The minimum Gasteiger partial charge on any atom is -0.457 e. The van der Waals surface area contributed by atoms with Crippen LogP contribution in [0, 0.1) is 0 Å². The van der Waals surface area contributed by atoms with Crippen LogP contribution < -0.4 is 28.7 Å². The van der Waals surface area contributed by atoms with Gasteiger partial charge in [0.2, 0.25) is 0 Å². The molecule has 0 saturated carbocycles. The zero-order valence-electron chi connectivity index (χ0n) is 46.0. The van der Waals surface area contributed by atoms with Gasteiger partial charge in [-0.15, -0.1) is 0 Å². The van der Waals surface area contributed by atoms with Crippen LogP contribution in [-0.2, 0) is 26.2 Å². The van der Waals surface area contributed by atoms with E-state index in [1.165, 1.54) is 66.7 Å². The largest absolute Gasteiger partial charge is 0.457 e. The first-order valence-corrected chi connectivity index (χ1v) is 28.0. The molecule has 0 aromatic heterocycles. The minimum atomic E-state index is 0.325. The molecule has 6 nitrogen and oxygen atoms in total. The predicted octanol–water partition coefficient (Wildman–Crippen LogP) is 20.4. The van der Waals surface area contributed by atoms with Crippen molar-refractivity contribution in [2.24, 2.45) is 0 Å². The summed E-state index contributed by atoms with van der Waals surface area (Å²) in [6.45, 7) is 21.1. The third-order valence-electron chi connectivity index (χ3n) is 16.2. The third kappa shape index (κ3) is 8.68. The number of para-hydroxylation sites is 4. The molecule has 0 unspecified atom stereocenters. The average molecular weight is 1020 g/mol. The Balaban J connectivity index is 1.19. The van der Waals surface area contributed by atoms with Crippen molar-refractivity contribution in [3.8, 4) is 46.0 Å². The van der Waals surface area contributed by atoms with Gasteiger partial charge < -0.3 is 28.7 Å². The Kier molecular flexibility index (Phi) is 12.5. The number of hydrogen-bond donors (Lipinski definition) is 0. The van der Waals surface area contributed by atoms with E-state index in [9.17, 15) is 0 Å². The van der Waals surface area contributed by atoms with Crippen LogP contribution in [0.5, 0.6) is 46.0 Å². The van der Waals surface area contributed by atoms with Crippen LogP contribution in [0.4, 0.5) is 11.4 Å². The molecular weight excluding hydrogens is 957 g/mol. The first kappa shape index (κ1) is 49.1. The number of fused-ring (bicyclic) bond motifs is 2. The van der Waals surface area contributed by atoms with Crippen molar-refractivity contribution in [3.63, 3.8) is 0 Å². The number of ether oxygens (including phenoxy) is 4. The van der Waals surface area contributed by atoms with Crippen LogP contribution in [0.3, 0.4) is 0 Å². The van der Waals surface area contributed by atoms with Crippen LogP contribution in [0.15, 0.2) is 182 Å². The molecule has 0 spiro atoms. The van der Waals surface area contributed by atoms with Gasteiger partial charge in [0.25, 0.3) is 0 Å². The van der Waals surface area contributed by atoms with E-state index in [2.05, 4.69) is 174 Å². The Hall–Kier alpha value is -8.48. The lowest BCUT2D eigenvalue weighted by molar-refractivity contribution is 0.481. The second kappa shape index (κ2) is 19.8. The molecule has 78 heavy (non-hydrogen) atoms. The first-order chi connectivity index (χ1) is 37.9. The van der Waals surface area contributed by atoms with Gasteiger partial charge in [-0.3, -0.25) is 0 Å². The van der Waals surface area contributed by atoms with Crippen molar-refractivity contribution in [3.05, 3.63) is 226 Å². The summed E-state index contributed by atoms with van der Waals surface area (Å²) < 4.78 is 29.5. The first-order valence-electron chi connectivity index (χ1n) is 28.0. The molecule has 2 aliphatic heterocycles. The highest BCUT2D eigenvalue weighted by Gasteiger charge is 2.35. The van der Waals surface area contributed by atoms with Crippen LogP contribution >= 0.6 is 0 Å². The summed E-state index contributed by atoms with van der Waals surface area (Å²) in [5, 5.41) is 8.46. The van der Waals surface area contributed by atoms with E-state index in [1.54, 1.807) is 0 Å². The van der Waals surface area contributed by atoms with Crippen molar-refractivity contribution < 1.29 is 18.9 Å². The summed E-state index contributed by atoms with van der Waals surface area (Å²) in [5.41, 5.74) is 12.6. The average Bonchev–Trinajstić information content (AvgIpc) is 3.59. The monoisotopic (exact) mass is 1020 g/mol. The summed E-state index contributed by atoms with van der Waals surface area (Å²) in [7, 11) is 0. The fraction of sp³-hybridized carbons (Fsp3) is 0.222. The fourth-order valence-electron chi connectivity index (χ4n) is 12.4. The van der Waals surface area contributed by atoms with Crippen molar-refractivity contribution in [1.29, 1.82) is 0 Å². The maximum atomic E-state index is 7.38. The molecule has 0 N–H and O–H groups in total. The zero-order valence-corrected chi connectivity index (χ0v) is 46.0. The Morgan fingerprint density at radius 3 is 0.795 bits per heavy atom. The topological polar surface area (TPSA) is 43.4 Å². The second-order valence-corrected chi connectivity index (χ2v) is 22.8. The van der Waals surface area contributed by atoms with Gasteiger partial charge in [-0.05, 0) is 164 Å². The molecule has 0 amide bonds. The van der Waals surface area contributed by atoms with E-state index >= 15 is 0 Å². The molecule has 388 valence electrons. The van der Waals surface area contributed by atoms with Gasteiger partial charge >= 0.3 is 0 Å². The van der Waals surface area contributed by atoms with Crippen LogP contribution in [0.1, 0.15) is 124 Å². The van der Waals surface area contributed by atoms with Crippen molar-refractivity contribution in [2.45, 2.75) is 105 Å². The molecule has 0 aliphatic carbocycles. The minimum absolute atomic E-state index is 0.325. The van der Waals surface area contributed by atoms with Crippen LogP contribution in [-0.4, -0.2) is 0 Å². The van der Waals surface area contributed by atoms with E-state index in [0.29, 0.717) is 49.9 Å². The van der Waals surface area contributed by atoms with Crippen molar-refractivity contribution in [1.82, 2.24) is 0 Å². The smallest absolute Gasteiger partial charge is 0.136 e. The summed E-state index contributed by atoms with van der Waals surface area (Å²) in [6.07, 6.45) is 0. The van der Waals surface area contributed by atoms with Gasteiger partial charge in [0.15, 0.2) is 0 Å². The number of anilines is 2. The summed E-state index contributed by atoms with van der Waals surface area (Å²) in [5.74, 6) is 7.46. The molecule has 0 atom stereocenters. The Morgan fingerprint density at radius 2 is 0.551 bits per heavy atom. The lowest BCUT2D eigenvalue weighted by atomic mass is 9.80. The normalized spacial score (nSPS) is 13.3. The van der Waals surface area contributed by atoms with Gasteiger partial charge in [0.05, 0.1) is 0 Å². The third-order valence-corrected chi connectivity index (χ3v) is 16.2. The molecule has 0 bridgehead atoms. The standard InChI is InChI=1S/C72H66N2O4/c1-43(2)47-29-31-57(45(5)6)59(33-47)73-39-49-35-61(75-53-21-13-9-14-22-53)67-69-63(77-55-25-17-11-18-26-55)37-51-41-74(60-34-48(44(3)4)30-32-58(60)46(7)8)42-52-38-64(78-56-27-19-12-20-28-56)70(72(69)66(51)52)68-62(76-54-23-15-10-16-24-54)36-50(40-73)65(49)71(67)68/h9-38,43-46H,39-42H2,1-8H3. The van der Waals surface area contributed by atoms with E-state index in [1.807, 2.05) is 72.8 Å². The maximum Gasteiger partial charge on any atom is 0.136 e. The molecule has 2 aliphatic rings. The summed E-state index contributed by atoms with van der Waals surface area (Å²) in [4.78, 5) is 5.14. The van der Waals surface area contributed by atoms with Crippen molar-refractivity contribution >= 4 is 54.5 Å². The molecule has 11 aromatic rings. The molecule has 11 aromatic carbocycles. The van der Waals surface area contributed by atoms with Gasteiger partial charge in [-0.25, -0.2) is 0 Å². The highest BCUT2D eigenvalue weighted by Crippen LogP contribution is 2.58. The van der Waals surface area contributed by atoms with E-state index < -0.39 is 0 Å². The molecule has 0 radical (unpaired) electrons. The Labute approximate surface area is 458 Å². The number of rotatable bonds is 14. The van der Waals surface area contributed by atoms with Gasteiger partial charge in [-0.2, -0.15) is 0 Å².